The number of nitrogens with one attached hydrogen (secondary N) is 1. The maximum absolute atomic E-state index is 12.0. The Morgan fingerprint density at radius 2 is 1.84 bits per heavy atom. The molecule has 0 atom stereocenters. The molecule has 1 heterocycles. The summed E-state index contributed by atoms with van der Waals surface area (Å²) in [5, 5.41) is 10.5. The van der Waals surface area contributed by atoms with Gasteiger partial charge in [0, 0.05) is 16.9 Å². The Hall–Kier alpha value is -2.60. The second-order valence-corrected chi connectivity index (χ2v) is 6.76. The van der Waals surface area contributed by atoms with Crippen LogP contribution in [0.25, 0.3) is 11.5 Å². The third-order valence-corrected chi connectivity index (χ3v) is 4.63. The van der Waals surface area contributed by atoms with Gasteiger partial charge in [-0.2, -0.15) is 0 Å². The molecular weight excluding hydrogens is 334 g/mol. The standard InChI is InChI=1S/C19H19N3O2S/c1-14-9-11-16(12-10-14)25-13-5-8-17(23)20-19-22-21-18(24-19)15-6-3-2-4-7-15/h2-4,6-7,9-12H,5,8,13H2,1H3,(H,20,22,23). The molecule has 0 fully saturated rings. The summed E-state index contributed by atoms with van der Waals surface area (Å²) >= 11 is 1.75. The fourth-order valence-corrected chi connectivity index (χ4v) is 3.06. The zero-order valence-corrected chi connectivity index (χ0v) is 14.8. The van der Waals surface area contributed by atoms with Gasteiger partial charge in [-0.05, 0) is 43.4 Å². The molecule has 5 nitrogen and oxygen atoms in total. The van der Waals surface area contributed by atoms with Crippen LogP contribution in [-0.4, -0.2) is 21.9 Å². The van der Waals surface area contributed by atoms with Gasteiger partial charge >= 0.3 is 6.01 Å². The van der Waals surface area contributed by atoms with Gasteiger partial charge in [-0.3, -0.25) is 10.1 Å². The van der Waals surface area contributed by atoms with Crippen molar-refractivity contribution in [3.05, 3.63) is 60.2 Å². The smallest absolute Gasteiger partial charge is 0.322 e. The van der Waals surface area contributed by atoms with Crippen LogP contribution in [0, 0.1) is 6.92 Å². The van der Waals surface area contributed by atoms with Crippen molar-refractivity contribution in [2.75, 3.05) is 11.1 Å². The topological polar surface area (TPSA) is 68.0 Å². The minimum absolute atomic E-state index is 0.118. The fourth-order valence-electron chi connectivity index (χ4n) is 2.21. The van der Waals surface area contributed by atoms with Crippen molar-refractivity contribution in [1.29, 1.82) is 0 Å². The molecule has 1 N–H and O–H groups in total. The Bertz CT molecular complexity index is 816. The van der Waals surface area contributed by atoms with E-state index in [1.54, 1.807) is 11.8 Å². The van der Waals surface area contributed by atoms with Crippen LogP contribution >= 0.6 is 11.8 Å². The van der Waals surface area contributed by atoms with Crippen molar-refractivity contribution < 1.29 is 9.21 Å². The summed E-state index contributed by atoms with van der Waals surface area (Å²) in [5.41, 5.74) is 2.07. The molecule has 128 valence electrons. The molecule has 25 heavy (non-hydrogen) atoms. The third kappa shape index (κ3) is 5.19. The lowest BCUT2D eigenvalue weighted by Gasteiger charge is -2.02. The van der Waals surface area contributed by atoms with E-state index in [9.17, 15) is 4.79 Å². The molecule has 0 aliphatic carbocycles. The van der Waals surface area contributed by atoms with Crippen LogP contribution in [0.5, 0.6) is 0 Å². The van der Waals surface area contributed by atoms with E-state index in [-0.39, 0.29) is 11.9 Å². The van der Waals surface area contributed by atoms with Crippen molar-refractivity contribution in [3.8, 4) is 11.5 Å². The average molecular weight is 353 g/mol. The molecule has 1 aromatic heterocycles. The lowest BCUT2D eigenvalue weighted by molar-refractivity contribution is -0.116. The van der Waals surface area contributed by atoms with E-state index in [4.69, 9.17) is 4.42 Å². The van der Waals surface area contributed by atoms with Gasteiger partial charge in [-0.25, -0.2) is 0 Å². The number of amides is 1. The summed E-state index contributed by atoms with van der Waals surface area (Å²) in [4.78, 5) is 13.2. The van der Waals surface area contributed by atoms with Gasteiger partial charge in [-0.1, -0.05) is 41.0 Å². The maximum atomic E-state index is 12.0. The Labute approximate surface area is 150 Å². The number of benzene rings is 2. The van der Waals surface area contributed by atoms with Crippen LogP contribution < -0.4 is 5.32 Å². The number of carbonyl (C=O) groups excluding carboxylic acids is 1. The van der Waals surface area contributed by atoms with Crippen molar-refractivity contribution in [2.45, 2.75) is 24.7 Å². The summed E-state index contributed by atoms with van der Waals surface area (Å²) in [5.74, 6) is 1.16. The van der Waals surface area contributed by atoms with Crippen molar-refractivity contribution in [2.24, 2.45) is 0 Å². The second kappa shape index (κ2) is 8.48. The minimum Gasteiger partial charge on any atom is -0.403 e. The van der Waals surface area contributed by atoms with E-state index in [1.165, 1.54) is 10.5 Å². The number of nitrogens with zero attached hydrogens (tertiary/aromatic N) is 2. The Morgan fingerprint density at radius 1 is 1.08 bits per heavy atom. The summed E-state index contributed by atoms with van der Waals surface area (Å²) < 4.78 is 5.47. The predicted octanol–water partition coefficient (Wildman–Crippen LogP) is 4.56. The predicted molar refractivity (Wildman–Crippen MR) is 99.5 cm³/mol. The monoisotopic (exact) mass is 353 g/mol. The average Bonchev–Trinajstić information content (AvgIpc) is 3.09. The fraction of sp³-hybridized carbons (Fsp3) is 0.211. The van der Waals surface area contributed by atoms with Gasteiger partial charge in [0.25, 0.3) is 0 Å². The van der Waals surface area contributed by atoms with Crippen LogP contribution in [0.3, 0.4) is 0 Å². The molecule has 0 unspecified atom stereocenters. The van der Waals surface area contributed by atoms with E-state index in [1.807, 2.05) is 30.3 Å². The van der Waals surface area contributed by atoms with E-state index in [0.29, 0.717) is 12.3 Å². The Morgan fingerprint density at radius 3 is 2.60 bits per heavy atom. The van der Waals surface area contributed by atoms with Crippen molar-refractivity contribution in [3.63, 3.8) is 0 Å². The highest BCUT2D eigenvalue weighted by Crippen LogP contribution is 2.21. The SMILES string of the molecule is Cc1ccc(SCCCC(=O)Nc2nnc(-c3ccccc3)o2)cc1. The molecule has 3 rings (SSSR count). The quantitative estimate of drug-likeness (QED) is 0.498. The van der Waals surface area contributed by atoms with Crippen LogP contribution in [-0.2, 0) is 4.79 Å². The molecule has 6 heteroatoms. The summed E-state index contributed by atoms with van der Waals surface area (Å²) in [7, 11) is 0. The zero-order valence-electron chi connectivity index (χ0n) is 13.9. The number of hydrogen-bond acceptors (Lipinski definition) is 5. The first-order valence-corrected chi connectivity index (χ1v) is 9.07. The van der Waals surface area contributed by atoms with E-state index < -0.39 is 0 Å². The molecule has 0 saturated carbocycles. The Kier molecular flexibility index (Phi) is 5.85. The molecule has 0 spiro atoms. The minimum atomic E-state index is -0.118. The first kappa shape index (κ1) is 17.2. The van der Waals surface area contributed by atoms with Crippen LogP contribution in [0.15, 0.2) is 63.9 Å². The summed E-state index contributed by atoms with van der Waals surface area (Å²) in [6.07, 6.45) is 1.20. The van der Waals surface area contributed by atoms with Gasteiger partial charge in [0.05, 0.1) is 0 Å². The summed E-state index contributed by atoms with van der Waals surface area (Å²) in [6.45, 7) is 2.07. The van der Waals surface area contributed by atoms with E-state index >= 15 is 0 Å². The van der Waals surface area contributed by atoms with Crippen LogP contribution in [0.4, 0.5) is 6.01 Å². The molecule has 0 aliphatic heterocycles. The summed E-state index contributed by atoms with van der Waals surface area (Å²) in [6, 6.07) is 18.0. The van der Waals surface area contributed by atoms with Crippen molar-refractivity contribution in [1.82, 2.24) is 10.2 Å². The number of thioether (sulfide) groups is 1. The normalized spacial score (nSPS) is 10.6. The Balaban J connectivity index is 1.42. The molecule has 1 amide bonds. The third-order valence-electron chi connectivity index (χ3n) is 3.53. The largest absolute Gasteiger partial charge is 0.403 e. The molecule has 0 aliphatic rings. The second-order valence-electron chi connectivity index (χ2n) is 5.59. The van der Waals surface area contributed by atoms with Crippen LogP contribution in [0.1, 0.15) is 18.4 Å². The van der Waals surface area contributed by atoms with Gasteiger partial charge in [0.1, 0.15) is 0 Å². The van der Waals surface area contributed by atoms with Gasteiger partial charge in [0.15, 0.2) is 0 Å². The number of hydrogen-bond donors (Lipinski definition) is 1. The van der Waals surface area contributed by atoms with E-state index in [0.717, 1.165) is 17.7 Å². The first-order valence-electron chi connectivity index (χ1n) is 8.09. The molecular formula is C19H19N3O2S. The molecule has 3 aromatic rings. The highest BCUT2D eigenvalue weighted by Gasteiger charge is 2.10. The number of carbonyl (C=O) groups is 1. The number of aryl methyl sites for hydroxylation is 1. The molecule has 2 aromatic carbocycles. The lowest BCUT2D eigenvalue weighted by atomic mass is 10.2. The zero-order chi connectivity index (χ0) is 17.5. The van der Waals surface area contributed by atoms with Crippen molar-refractivity contribution >= 4 is 23.7 Å². The molecule has 0 bridgehead atoms. The van der Waals surface area contributed by atoms with Crippen LogP contribution in [0.2, 0.25) is 0 Å². The maximum Gasteiger partial charge on any atom is 0.322 e. The highest BCUT2D eigenvalue weighted by atomic mass is 32.2. The van der Waals surface area contributed by atoms with E-state index in [2.05, 4.69) is 46.7 Å². The molecule has 0 radical (unpaired) electrons. The highest BCUT2D eigenvalue weighted by molar-refractivity contribution is 7.99. The van der Waals surface area contributed by atoms with Gasteiger partial charge in [-0.15, -0.1) is 16.9 Å². The molecule has 0 saturated heterocycles. The van der Waals surface area contributed by atoms with Gasteiger partial charge in [0.2, 0.25) is 11.8 Å². The number of rotatable bonds is 7. The van der Waals surface area contributed by atoms with Gasteiger partial charge < -0.3 is 4.42 Å². The number of anilines is 1. The first-order chi connectivity index (χ1) is 12.2. The number of aromatic nitrogens is 2. The lowest BCUT2D eigenvalue weighted by Crippen LogP contribution is -2.11.